The molecular formula is C18H18ClF3N4O3. The highest BCUT2D eigenvalue weighted by Gasteiger charge is 2.29. The van der Waals surface area contributed by atoms with E-state index in [-0.39, 0.29) is 34.6 Å². The number of rotatable bonds is 7. The van der Waals surface area contributed by atoms with Gasteiger partial charge in [-0.3, -0.25) is 9.59 Å². The number of carbonyl (C=O) groups excluding carboxylic acids is 2. The van der Waals surface area contributed by atoms with Gasteiger partial charge in [-0.1, -0.05) is 18.5 Å². The molecule has 2 aromatic rings. The van der Waals surface area contributed by atoms with Gasteiger partial charge < -0.3 is 10.1 Å². The Labute approximate surface area is 169 Å². The lowest BCUT2D eigenvalue weighted by atomic mass is 10.1. The summed E-state index contributed by atoms with van der Waals surface area (Å²) in [5.41, 5.74) is 0.925. The summed E-state index contributed by atoms with van der Waals surface area (Å²) in [7, 11) is 0. The fraction of sp³-hybridized carbons (Fsp3) is 0.389. The monoisotopic (exact) mass is 430 g/mol. The largest absolute Gasteiger partial charge is 0.467 e. The van der Waals surface area contributed by atoms with Gasteiger partial charge in [-0.25, -0.2) is 15.0 Å². The summed E-state index contributed by atoms with van der Waals surface area (Å²) in [6.45, 7) is 3.41. The summed E-state index contributed by atoms with van der Waals surface area (Å²) < 4.78 is 41.3. The molecule has 2 aromatic heterocycles. The maximum Gasteiger partial charge on any atom is 0.422 e. The molecule has 11 heteroatoms. The average molecular weight is 431 g/mol. The van der Waals surface area contributed by atoms with Gasteiger partial charge in [0.05, 0.1) is 6.04 Å². The molecule has 0 fully saturated rings. The number of hydrogen-bond acceptors (Lipinski definition) is 6. The highest BCUT2D eigenvalue weighted by molar-refractivity contribution is 6.31. The van der Waals surface area contributed by atoms with Crippen molar-refractivity contribution in [3.63, 3.8) is 0 Å². The molecule has 0 spiro atoms. The average Bonchev–Trinajstić information content (AvgIpc) is 2.64. The van der Waals surface area contributed by atoms with Crippen molar-refractivity contribution in [2.24, 2.45) is 0 Å². The van der Waals surface area contributed by atoms with E-state index < -0.39 is 24.7 Å². The summed E-state index contributed by atoms with van der Waals surface area (Å²) in [5, 5.41) is 2.54. The number of aromatic nitrogens is 3. The highest BCUT2D eigenvalue weighted by Crippen LogP contribution is 2.27. The normalized spacial score (nSPS) is 12.4. The SMILES string of the molecule is CCC(=O)c1nc(C)cc(C(=O)NC(C)c2cnc(OCC(F)(F)F)c(Cl)c2)n1. The van der Waals surface area contributed by atoms with E-state index in [0.29, 0.717) is 11.3 Å². The second kappa shape index (κ2) is 9.17. The number of alkyl halides is 3. The molecule has 29 heavy (non-hydrogen) atoms. The molecule has 1 amide bonds. The van der Waals surface area contributed by atoms with Crippen molar-refractivity contribution in [3.05, 3.63) is 46.1 Å². The zero-order valence-electron chi connectivity index (χ0n) is 15.8. The van der Waals surface area contributed by atoms with E-state index >= 15 is 0 Å². The van der Waals surface area contributed by atoms with Gasteiger partial charge in [0.2, 0.25) is 5.88 Å². The first-order valence-electron chi connectivity index (χ1n) is 8.55. The lowest BCUT2D eigenvalue weighted by Gasteiger charge is -2.16. The molecule has 0 aliphatic carbocycles. The second-order valence-electron chi connectivity index (χ2n) is 6.15. The number of nitrogens with one attached hydrogen (secondary N) is 1. The molecule has 2 rings (SSSR count). The second-order valence-corrected chi connectivity index (χ2v) is 6.56. The van der Waals surface area contributed by atoms with Crippen molar-refractivity contribution in [2.75, 3.05) is 6.61 Å². The van der Waals surface area contributed by atoms with Gasteiger partial charge >= 0.3 is 6.18 Å². The molecule has 156 valence electrons. The van der Waals surface area contributed by atoms with E-state index in [4.69, 9.17) is 11.6 Å². The van der Waals surface area contributed by atoms with Gasteiger partial charge in [0.15, 0.2) is 18.2 Å². The molecule has 0 saturated carbocycles. The molecular weight excluding hydrogens is 413 g/mol. The standard InChI is InChI=1S/C18H18ClF3N4O3/c1-4-14(27)15-24-9(2)5-13(26-15)16(28)25-10(3)11-6-12(19)17(23-7-11)29-8-18(20,21)22/h5-7,10H,4,8H2,1-3H3,(H,25,28). The number of halogens is 4. The quantitative estimate of drug-likeness (QED) is 0.670. The molecule has 1 atom stereocenters. The summed E-state index contributed by atoms with van der Waals surface area (Å²) >= 11 is 5.92. The molecule has 1 unspecified atom stereocenters. The smallest absolute Gasteiger partial charge is 0.422 e. The molecule has 0 aliphatic rings. The lowest BCUT2D eigenvalue weighted by Crippen LogP contribution is -2.28. The predicted molar refractivity (Wildman–Crippen MR) is 98.1 cm³/mol. The van der Waals surface area contributed by atoms with E-state index in [1.807, 2.05) is 0 Å². The number of amides is 1. The van der Waals surface area contributed by atoms with Gasteiger partial charge in [-0.15, -0.1) is 0 Å². The van der Waals surface area contributed by atoms with Crippen molar-refractivity contribution in [2.45, 2.75) is 39.4 Å². The minimum Gasteiger partial charge on any atom is -0.467 e. The molecule has 0 radical (unpaired) electrons. The van der Waals surface area contributed by atoms with E-state index in [2.05, 4.69) is 25.0 Å². The number of ether oxygens (including phenoxy) is 1. The Kier molecular flexibility index (Phi) is 7.12. The Morgan fingerprint density at radius 3 is 2.55 bits per heavy atom. The molecule has 0 aromatic carbocycles. The first kappa shape index (κ1) is 22.5. The molecule has 0 aliphatic heterocycles. The fourth-order valence-electron chi connectivity index (χ4n) is 2.25. The third-order valence-corrected chi connectivity index (χ3v) is 3.98. The number of nitrogens with zero attached hydrogens (tertiary/aromatic N) is 3. The zero-order chi connectivity index (χ0) is 21.8. The maximum absolute atomic E-state index is 12.5. The predicted octanol–water partition coefficient (Wildman–Crippen LogP) is 3.86. The zero-order valence-corrected chi connectivity index (χ0v) is 16.6. The maximum atomic E-state index is 12.5. The number of pyridine rings is 1. The summed E-state index contributed by atoms with van der Waals surface area (Å²) in [6.07, 6.45) is -3.06. The Bertz CT molecular complexity index is 922. The van der Waals surface area contributed by atoms with Crippen LogP contribution in [-0.2, 0) is 0 Å². The van der Waals surface area contributed by atoms with Crippen molar-refractivity contribution in [3.8, 4) is 5.88 Å². The number of ketones is 1. The van der Waals surface area contributed by atoms with Crippen molar-refractivity contribution < 1.29 is 27.5 Å². The molecule has 1 N–H and O–H groups in total. The van der Waals surface area contributed by atoms with Crippen LogP contribution in [0.5, 0.6) is 5.88 Å². The number of carbonyl (C=O) groups is 2. The van der Waals surface area contributed by atoms with Crippen LogP contribution in [0.15, 0.2) is 18.3 Å². The Morgan fingerprint density at radius 1 is 1.28 bits per heavy atom. The number of aryl methyl sites for hydroxylation is 1. The highest BCUT2D eigenvalue weighted by atomic mass is 35.5. The third-order valence-electron chi connectivity index (χ3n) is 3.71. The first-order valence-corrected chi connectivity index (χ1v) is 8.92. The molecule has 2 heterocycles. The van der Waals surface area contributed by atoms with Crippen LogP contribution in [0.25, 0.3) is 0 Å². The van der Waals surface area contributed by atoms with E-state index in [1.165, 1.54) is 18.3 Å². The van der Waals surface area contributed by atoms with Crippen LogP contribution in [0, 0.1) is 6.92 Å². The Hall–Kier alpha value is -2.75. The van der Waals surface area contributed by atoms with E-state index in [9.17, 15) is 22.8 Å². The van der Waals surface area contributed by atoms with Gasteiger partial charge in [-0.2, -0.15) is 13.2 Å². The summed E-state index contributed by atoms with van der Waals surface area (Å²) in [4.78, 5) is 36.1. The lowest BCUT2D eigenvalue weighted by molar-refractivity contribution is -0.154. The topological polar surface area (TPSA) is 94.1 Å². The van der Waals surface area contributed by atoms with Crippen molar-refractivity contribution in [1.82, 2.24) is 20.3 Å². The number of Topliss-reactive ketones (excluding diaryl/α,β-unsaturated/α-hetero) is 1. The Morgan fingerprint density at radius 2 is 1.97 bits per heavy atom. The van der Waals surface area contributed by atoms with Crippen molar-refractivity contribution >= 4 is 23.3 Å². The van der Waals surface area contributed by atoms with Gasteiger partial charge in [0.1, 0.15) is 10.7 Å². The third kappa shape index (κ3) is 6.38. The van der Waals surface area contributed by atoms with Gasteiger partial charge in [0.25, 0.3) is 5.91 Å². The van der Waals surface area contributed by atoms with Gasteiger partial charge in [0, 0.05) is 18.3 Å². The van der Waals surface area contributed by atoms with Gasteiger partial charge in [-0.05, 0) is 31.5 Å². The van der Waals surface area contributed by atoms with Crippen LogP contribution >= 0.6 is 11.6 Å². The molecule has 0 bridgehead atoms. The minimum atomic E-state index is -4.52. The molecule has 7 nitrogen and oxygen atoms in total. The minimum absolute atomic E-state index is 0.0188. The van der Waals surface area contributed by atoms with Crippen LogP contribution in [0.1, 0.15) is 58.7 Å². The van der Waals surface area contributed by atoms with Crippen molar-refractivity contribution in [1.29, 1.82) is 0 Å². The first-order chi connectivity index (χ1) is 13.5. The van der Waals surface area contributed by atoms with E-state index in [0.717, 1.165) is 0 Å². The summed E-state index contributed by atoms with van der Waals surface area (Å²) in [6, 6.07) is 2.20. The fourth-order valence-corrected chi connectivity index (χ4v) is 2.48. The van der Waals surface area contributed by atoms with Crippen LogP contribution in [0.4, 0.5) is 13.2 Å². The van der Waals surface area contributed by atoms with Crippen LogP contribution in [0.3, 0.4) is 0 Å². The van der Waals surface area contributed by atoms with E-state index in [1.54, 1.807) is 20.8 Å². The van der Waals surface area contributed by atoms with Crippen LogP contribution in [-0.4, -0.2) is 39.4 Å². The van der Waals surface area contributed by atoms with Crippen LogP contribution < -0.4 is 10.1 Å². The molecule has 0 saturated heterocycles. The summed E-state index contributed by atoms with van der Waals surface area (Å²) in [5.74, 6) is -1.25. The number of hydrogen-bond donors (Lipinski definition) is 1. The van der Waals surface area contributed by atoms with Crippen LogP contribution in [0.2, 0.25) is 5.02 Å². The Balaban J connectivity index is 2.13.